The average Bonchev–Trinajstić information content (AvgIpc) is 2.78. The third kappa shape index (κ3) is 14.5. The van der Waals surface area contributed by atoms with Gasteiger partial charge in [0.05, 0.1) is 0 Å². The number of hydrogen-bond donors (Lipinski definition) is 4. The second-order valence-electron chi connectivity index (χ2n) is 8.75. The van der Waals surface area contributed by atoms with Crippen molar-refractivity contribution in [2.75, 3.05) is 13.2 Å². The first-order chi connectivity index (χ1) is 16.9. The molecule has 1 aromatic rings. The second kappa shape index (κ2) is 16.1. The third-order valence-electron chi connectivity index (χ3n) is 4.19. The van der Waals surface area contributed by atoms with E-state index >= 15 is 0 Å². The molecule has 0 bridgehead atoms. The zero-order chi connectivity index (χ0) is 27.1. The molecule has 36 heavy (non-hydrogen) atoms. The smallest absolute Gasteiger partial charge is 0.407 e. The molecule has 202 valence electrons. The zero-order valence-electron chi connectivity index (χ0n) is 21.7. The van der Waals surface area contributed by atoms with Gasteiger partial charge in [-0.25, -0.2) is 19.2 Å². The number of rotatable bonds is 12. The molecule has 0 radical (unpaired) electrons. The van der Waals surface area contributed by atoms with E-state index in [1.807, 2.05) is 18.2 Å². The van der Waals surface area contributed by atoms with Crippen LogP contribution >= 0.6 is 0 Å². The first-order valence-corrected chi connectivity index (χ1v) is 11.8. The van der Waals surface area contributed by atoms with Gasteiger partial charge in [0.1, 0.15) is 25.4 Å². The summed E-state index contributed by atoms with van der Waals surface area (Å²) in [6.07, 6.45) is -3.70. The fourth-order valence-corrected chi connectivity index (χ4v) is 2.66. The van der Waals surface area contributed by atoms with Crippen LogP contribution in [-0.4, -0.2) is 61.9 Å². The lowest BCUT2D eigenvalue weighted by atomic mass is 10.1. The highest BCUT2D eigenvalue weighted by molar-refractivity contribution is 5.69. The summed E-state index contributed by atoms with van der Waals surface area (Å²) < 4.78 is 20.3. The van der Waals surface area contributed by atoms with Crippen molar-refractivity contribution in [2.45, 2.75) is 78.9 Å². The lowest BCUT2D eigenvalue weighted by molar-refractivity contribution is 0.0522. The molecule has 0 aliphatic carbocycles. The van der Waals surface area contributed by atoms with Crippen molar-refractivity contribution in [1.82, 2.24) is 21.3 Å². The molecule has 4 N–H and O–H groups in total. The molecule has 1 rings (SSSR count). The predicted molar refractivity (Wildman–Crippen MR) is 131 cm³/mol. The van der Waals surface area contributed by atoms with E-state index in [1.54, 1.807) is 47.6 Å². The minimum absolute atomic E-state index is 0.0547. The van der Waals surface area contributed by atoms with Gasteiger partial charge in [0, 0.05) is 25.2 Å². The monoisotopic (exact) mass is 510 g/mol. The molecule has 0 saturated heterocycles. The fraction of sp³-hybridized carbons (Fsp3) is 0.583. The average molecular weight is 511 g/mol. The van der Waals surface area contributed by atoms with Gasteiger partial charge in [0.2, 0.25) is 0 Å². The van der Waals surface area contributed by atoms with E-state index in [-0.39, 0.29) is 38.4 Å². The molecule has 2 unspecified atom stereocenters. The van der Waals surface area contributed by atoms with E-state index in [0.29, 0.717) is 0 Å². The Hall–Kier alpha value is -3.70. The van der Waals surface area contributed by atoms with E-state index in [1.165, 1.54) is 0 Å². The van der Waals surface area contributed by atoms with Crippen molar-refractivity contribution in [3.63, 3.8) is 0 Å². The Bertz CT molecular complexity index is 797. The van der Waals surface area contributed by atoms with E-state index < -0.39 is 36.6 Å². The molecule has 12 nitrogen and oxygen atoms in total. The van der Waals surface area contributed by atoms with Crippen LogP contribution in [0.4, 0.5) is 19.2 Å². The van der Waals surface area contributed by atoms with Crippen molar-refractivity contribution in [3.05, 3.63) is 35.4 Å². The molecule has 1 aromatic carbocycles. The minimum Gasteiger partial charge on any atom is -0.446 e. The van der Waals surface area contributed by atoms with Gasteiger partial charge in [-0.05, 0) is 52.7 Å². The largest absolute Gasteiger partial charge is 0.446 e. The third-order valence-corrected chi connectivity index (χ3v) is 4.19. The molecule has 0 saturated carbocycles. The van der Waals surface area contributed by atoms with Crippen molar-refractivity contribution >= 4 is 24.4 Å². The normalized spacial score (nSPS) is 12.2. The number of carbonyl (C=O) groups excluding carboxylic acids is 4. The van der Waals surface area contributed by atoms with E-state index in [9.17, 15) is 19.2 Å². The summed E-state index contributed by atoms with van der Waals surface area (Å²) in [4.78, 5) is 47.0. The number of hydrogen-bond acceptors (Lipinski definition) is 8. The van der Waals surface area contributed by atoms with Crippen LogP contribution < -0.4 is 21.3 Å². The summed E-state index contributed by atoms with van der Waals surface area (Å²) >= 11 is 0. The Balaban J connectivity index is 2.35. The topological polar surface area (TPSA) is 153 Å². The van der Waals surface area contributed by atoms with Crippen LogP contribution in [0.1, 0.15) is 52.7 Å². The van der Waals surface area contributed by atoms with Crippen LogP contribution in [0.3, 0.4) is 0 Å². The maximum atomic E-state index is 12.0. The molecule has 2 atom stereocenters. The van der Waals surface area contributed by atoms with Gasteiger partial charge in [-0.2, -0.15) is 0 Å². The van der Waals surface area contributed by atoms with Gasteiger partial charge >= 0.3 is 24.4 Å². The first kappa shape index (κ1) is 30.3. The Morgan fingerprint density at radius 1 is 0.667 bits per heavy atom. The van der Waals surface area contributed by atoms with Crippen LogP contribution in [0, 0.1) is 0 Å². The maximum absolute atomic E-state index is 12.0. The summed E-state index contributed by atoms with van der Waals surface area (Å²) in [5.74, 6) is 0. The molecular formula is C24H38N4O8. The quantitative estimate of drug-likeness (QED) is 0.313. The van der Waals surface area contributed by atoms with Crippen LogP contribution in [0.15, 0.2) is 24.3 Å². The van der Waals surface area contributed by atoms with Crippen LogP contribution in [0.5, 0.6) is 0 Å². The summed E-state index contributed by atoms with van der Waals surface area (Å²) in [6, 6.07) is 7.12. The Labute approximate surface area is 211 Å². The van der Waals surface area contributed by atoms with E-state index in [0.717, 1.165) is 11.1 Å². The van der Waals surface area contributed by atoms with Gasteiger partial charge in [-0.15, -0.1) is 0 Å². The van der Waals surface area contributed by atoms with Gasteiger partial charge in [-0.3, -0.25) is 0 Å². The second-order valence-corrected chi connectivity index (χ2v) is 8.75. The molecule has 0 spiro atoms. The van der Waals surface area contributed by atoms with Crippen molar-refractivity contribution in [1.29, 1.82) is 0 Å². The highest BCUT2D eigenvalue weighted by Gasteiger charge is 2.14. The fourth-order valence-electron chi connectivity index (χ4n) is 2.66. The maximum Gasteiger partial charge on any atom is 0.407 e. The molecule has 4 amide bonds. The summed E-state index contributed by atoms with van der Waals surface area (Å²) in [7, 11) is 0. The van der Waals surface area contributed by atoms with E-state index in [2.05, 4.69) is 21.3 Å². The standard InChI is InChI=1S/C24H38N4O8/c1-15(2)27-23(31)33-13-17(5)35-21(29)25-11-19-8-7-9-20(10-19)12-26-22(30)36-18(6)14-34-24(32)28-16(3)4/h7-10,15-18H,11-14H2,1-6H3,(H,25,29)(H,26,30)(H,27,31)(H,28,32). The van der Waals surface area contributed by atoms with Crippen LogP contribution in [-0.2, 0) is 32.0 Å². The number of alkyl carbamates (subject to hydrolysis) is 4. The summed E-state index contributed by atoms with van der Waals surface area (Å²) in [5.41, 5.74) is 1.58. The summed E-state index contributed by atoms with van der Waals surface area (Å²) in [6.45, 7) is 10.7. The summed E-state index contributed by atoms with van der Waals surface area (Å²) in [5, 5.41) is 10.4. The molecular weight excluding hydrogens is 472 g/mol. The SMILES string of the molecule is CC(C)NC(=O)OCC(C)OC(=O)NCc1cccc(CNC(=O)OC(C)COC(=O)NC(C)C)c1. The zero-order valence-corrected chi connectivity index (χ0v) is 21.7. The highest BCUT2D eigenvalue weighted by atomic mass is 16.6. The number of ether oxygens (including phenoxy) is 4. The van der Waals surface area contributed by atoms with Gasteiger partial charge in [-0.1, -0.05) is 24.3 Å². The molecule has 0 aliphatic heterocycles. The Kier molecular flexibility index (Phi) is 13.5. The van der Waals surface area contributed by atoms with Crippen molar-refractivity contribution < 1.29 is 38.1 Å². The molecule has 0 fully saturated rings. The molecule has 0 aromatic heterocycles. The van der Waals surface area contributed by atoms with Gasteiger partial charge in [0.25, 0.3) is 0 Å². The number of nitrogens with one attached hydrogen (secondary N) is 4. The predicted octanol–water partition coefficient (Wildman–Crippen LogP) is 3.19. The van der Waals surface area contributed by atoms with Gasteiger partial charge in [0.15, 0.2) is 0 Å². The van der Waals surface area contributed by atoms with Crippen LogP contribution in [0.25, 0.3) is 0 Å². The molecule has 0 aliphatic rings. The van der Waals surface area contributed by atoms with Crippen molar-refractivity contribution in [3.8, 4) is 0 Å². The Morgan fingerprint density at radius 2 is 1.06 bits per heavy atom. The first-order valence-electron chi connectivity index (χ1n) is 11.8. The highest BCUT2D eigenvalue weighted by Crippen LogP contribution is 2.06. The van der Waals surface area contributed by atoms with Crippen LogP contribution in [0.2, 0.25) is 0 Å². The number of benzene rings is 1. The lowest BCUT2D eigenvalue weighted by Crippen LogP contribution is -2.34. The number of amides is 4. The molecule has 12 heteroatoms. The van der Waals surface area contributed by atoms with Crippen molar-refractivity contribution in [2.24, 2.45) is 0 Å². The lowest BCUT2D eigenvalue weighted by Gasteiger charge is -2.16. The number of carbonyl (C=O) groups is 4. The van der Waals surface area contributed by atoms with E-state index in [4.69, 9.17) is 18.9 Å². The minimum atomic E-state index is -0.652. The Morgan fingerprint density at radius 3 is 1.42 bits per heavy atom. The van der Waals surface area contributed by atoms with Gasteiger partial charge < -0.3 is 40.2 Å². The molecule has 0 heterocycles.